The van der Waals surface area contributed by atoms with E-state index in [0.29, 0.717) is 22.9 Å². The molecule has 2 amide bonds. The number of hydrogen-bond acceptors (Lipinski definition) is 5. The van der Waals surface area contributed by atoms with Crippen molar-refractivity contribution in [2.24, 2.45) is 0 Å². The van der Waals surface area contributed by atoms with Gasteiger partial charge in [-0.25, -0.2) is 4.79 Å². The summed E-state index contributed by atoms with van der Waals surface area (Å²) in [5, 5.41) is 4.78. The van der Waals surface area contributed by atoms with Gasteiger partial charge >= 0.3 is 6.09 Å². The molecule has 1 fully saturated rings. The zero-order valence-electron chi connectivity index (χ0n) is 15.9. The minimum absolute atomic E-state index is 0.381. The van der Waals surface area contributed by atoms with Gasteiger partial charge in [-0.3, -0.25) is 9.59 Å². The van der Waals surface area contributed by atoms with Crippen LogP contribution < -0.4 is 10.6 Å². The molecule has 1 saturated heterocycles. The first-order valence-electron chi connectivity index (χ1n) is 8.87. The van der Waals surface area contributed by atoms with Gasteiger partial charge in [-0.05, 0) is 31.9 Å². The van der Waals surface area contributed by atoms with Crippen LogP contribution >= 0.6 is 11.8 Å². The highest BCUT2D eigenvalue weighted by Gasteiger charge is 2.55. The summed E-state index contributed by atoms with van der Waals surface area (Å²) in [6.07, 6.45) is -0.671. The van der Waals surface area contributed by atoms with Crippen LogP contribution in [0, 0.1) is 0 Å². The van der Waals surface area contributed by atoms with Crippen molar-refractivity contribution < 1.29 is 19.1 Å². The van der Waals surface area contributed by atoms with Gasteiger partial charge in [0.1, 0.15) is 5.60 Å². The molecule has 2 aromatic rings. The van der Waals surface area contributed by atoms with E-state index in [2.05, 4.69) is 10.6 Å². The number of rotatable bonds is 4. The second-order valence-electron chi connectivity index (χ2n) is 7.47. The molecule has 2 atom stereocenters. The molecule has 7 heteroatoms. The first kappa shape index (κ1) is 19.9. The molecule has 2 N–H and O–H groups in total. The van der Waals surface area contributed by atoms with Crippen LogP contribution in [0.5, 0.6) is 0 Å². The maximum absolute atomic E-state index is 13.1. The third-order valence-electron chi connectivity index (χ3n) is 4.26. The smallest absolute Gasteiger partial charge is 0.408 e. The molecule has 28 heavy (non-hydrogen) atoms. The summed E-state index contributed by atoms with van der Waals surface area (Å²) in [5.74, 6) is 0. The van der Waals surface area contributed by atoms with Gasteiger partial charge in [0.15, 0.2) is 5.54 Å². The van der Waals surface area contributed by atoms with Crippen LogP contribution in [-0.2, 0) is 15.1 Å². The van der Waals surface area contributed by atoms with E-state index in [1.807, 2.05) is 24.3 Å². The SMILES string of the molecule is CC(C)(C)OC(=O)N[C@@H](c1ccccc1)[C@]1(c2ccccc2)NC(=O)SC1=O. The Bertz CT molecular complexity index is 880. The fraction of sp³-hybridized carbons (Fsp3) is 0.286. The maximum atomic E-state index is 13.1. The molecule has 1 aliphatic heterocycles. The predicted molar refractivity (Wildman–Crippen MR) is 108 cm³/mol. The molecule has 1 heterocycles. The first-order chi connectivity index (χ1) is 13.2. The summed E-state index contributed by atoms with van der Waals surface area (Å²) in [7, 11) is 0. The third kappa shape index (κ3) is 4.04. The number of nitrogens with one attached hydrogen (secondary N) is 2. The third-order valence-corrected chi connectivity index (χ3v) is 5.06. The lowest BCUT2D eigenvalue weighted by molar-refractivity contribution is -0.117. The van der Waals surface area contributed by atoms with Crippen LogP contribution in [0.15, 0.2) is 60.7 Å². The molecule has 0 radical (unpaired) electrons. The Kier molecular flexibility index (Phi) is 5.47. The predicted octanol–water partition coefficient (Wildman–Crippen LogP) is 4.13. The Hall–Kier alpha value is -2.80. The van der Waals surface area contributed by atoms with Crippen LogP contribution in [0.1, 0.15) is 37.9 Å². The Morgan fingerprint density at radius 3 is 2.11 bits per heavy atom. The second kappa shape index (κ2) is 7.67. The van der Waals surface area contributed by atoms with Crippen LogP contribution in [0.3, 0.4) is 0 Å². The van der Waals surface area contributed by atoms with Crippen molar-refractivity contribution in [3.05, 3.63) is 71.8 Å². The van der Waals surface area contributed by atoms with Crippen molar-refractivity contribution in [2.75, 3.05) is 0 Å². The zero-order chi connectivity index (χ0) is 20.4. The quantitative estimate of drug-likeness (QED) is 0.809. The molecule has 1 aliphatic rings. The van der Waals surface area contributed by atoms with Gasteiger partial charge < -0.3 is 15.4 Å². The summed E-state index contributed by atoms with van der Waals surface area (Å²) in [4.78, 5) is 37.9. The Labute approximate surface area is 168 Å². The summed E-state index contributed by atoms with van der Waals surface area (Å²) in [6, 6.07) is 17.1. The van der Waals surface area contributed by atoms with Gasteiger partial charge in [-0.2, -0.15) is 0 Å². The lowest BCUT2D eigenvalue weighted by Gasteiger charge is -2.36. The monoisotopic (exact) mass is 398 g/mol. The number of carbonyl (C=O) groups excluding carboxylic acids is 3. The molecule has 6 nitrogen and oxygen atoms in total. The molecule has 0 unspecified atom stereocenters. The summed E-state index contributed by atoms with van der Waals surface area (Å²) in [6.45, 7) is 5.28. The number of thioether (sulfide) groups is 1. The van der Waals surface area contributed by atoms with E-state index in [1.165, 1.54) is 0 Å². The number of amides is 2. The highest BCUT2D eigenvalue weighted by molar-refractivity contribution is 8.26. The molecule has 0 aromatic heterocycles. The second-order valence-corrected chi connectivity index (χ2v) is 8.41. The lowest BCUT2D eigenvalue weighted by Crippen LogP contribution is -2.54. The molecule has 0 spiro atoms. The van der Waals surface area contributed by atoms with E-state index in [0.717, 1.165) is 0 Å². The largest absolute Gasteiger partial charge is 0.444 e. The van der Waals surface area contributed by atoms with E-state index in [1.54, 1.807) is 57.2 Å². The number of benzene rings is 2. The van der Waals surface area contributed by atoms with Crippen LogP contribution in [0.25, 0.3) is 0 Å². The minimum Gasteiger partial charge on any atom is -0.444 e. The average molecular weight is 398 g/mol. The molecular formula is C21H22N2O4S. The Balaban J connectivity index is 2.12. The van der Waals surface area contributed by atoms with E-state index >= 15 is 0 Å². The maximum Gasteiger partial charge on any atom is 0.408 e. The van der Waals surface area contributed by atoms with Crippen molar-refractivity contribution in [3.63, 3.8) is 0 Å². The molecule has 3 rings (SSSR count). The van der Waals surface area contributed by atoms with Gasteiger partial charge in [0.2, 0.25) is 5.12 Å². The van der Waals surface area contributed by atoms with E-state index in [9.17, 15) is 14.4 Å². The summed E-state index contributed by atoms with van der Waals surface area (Å²) >= 11 is 0.604. The van der Waals surface area contributed by atoms with E-state index < -0.39 is 28.5 Å². The Morgan fingerprint density at radius 1 is 1.04 bits per heavy atom. The van der Waals surface area contributed by atoms with E-state index in [4.69, 9.17) is 4.74 Å². The number of hydrogen-bond donors (Lipinski definition) is 2. The summed E-state index contributed by atoms with van der Waals surface area (Å²) in [5.41, 5.74) is -0.888. The van der Waals surface area contributed by atoms with Gasteiger partial charge in [0.25, 0.3) is 5.24 Å². The van der Waals surface area contributed by atoms with Crippen molar-refractivity contribution in [1.82, 2.24) is 10.6 Å². The van der Waals surface area contributed by atoms with Crippen molar-refractivity contribution in [2.45, 2.75) is 38.0 Å². The van der Waals surface area contributed by atoms with Crippen molar-refractivity contribution in [3.8, 4) is 0 Å². The first-order valence-corrected chi connectivity index (χ1v) is 9.68. The topological polar surface area (TPSA) is 84.5 Å². The van der Waals surface area contributed by atoms with Gasteiger partial charge in [-0.15, -0.1) is 0 Å². The van der Waals surface area contributed by atoms with Crippen molar-refractivity contribution in [1.29, 1.82) is 0 Å². The van der Waals surface area contributed by atoms with Gasteiger partial charge in [0.05, 0.1) is 6.04 Å². The van der Waals surface area contributed by atoms with Crippen molar-refractivity contribution >= 4 is 28.2 Å². The fourth-order valence-electron chi connectivity index (χ4n) is 3.16. The number of ether oxygens (including phenoxy) is 1. The van der Waals surface area contributed by atoms with Crippen LogP contribution in [0.2, 0.25) is 0 Å². The van der Waals surface area contributed by atoms with Crippen LogP contribution in [0.4, 0.5) is 9.59 Å². The zero-order valence-corrected chi connectivity index (χ0v) is 16.7. The molecule has 146 valence electrons. The van der Waals surface area contributed by atoms with Crippen LogP contribution in [-0.4, -0.2) is 22.0 Å². The molecule has 0 saturated carbocycles. The highest BCUT2D eigenvalue weighted by Crippen LogP contribution is 2.43. The van der Waals surface area contributed by atoms with Gasteiger partial charge in [-0.1, -0.05) is 60.7 Å². The molecule has 0 aliphatic carbocycles. The molecular weight excluding hydrogens is 376 g/mol. The average Bonchev–Trinajstić information content (AvgIpc) is 2.94. The minimum atomic E-state index is -1.44. The molecule has 0 bridgehead atoms. The lowest BCUT2D eigenvalue weighted by atomic mass is 9.80. The summed E-state index contributed by atoms with van der Waals surface area (Å²) < 4.78 is 5.41. The highest BCUT2D eigenvalue weighted by atomic mass is 32.2. The number of carbonyl (C=O) groups is 3. The Morgan fingerprint density at radius 2 is 1.61 bits per heavy atom. The number of alkyl carbamates (subject to hydrolysis) is 1. The normalized spacial score (nSPS) is 20.4. The molecule has 2 aromatic carbocycles. The van der Waals surface area contributed by atoms with E-state index in [-0.39, 0.29) is 5.12 Å². The van der Waals surface area contributed by atoms with Gasteiger partial charge in [0, 0.05) is 11.8 Å². The fourth-order valence-corrected chi connectivity index (χ4v) is 3.99. The standard InChI is InChI=1S/C21H22N2O4S/c1-20(2,3)27-18(25)22-16(14-10-6-4-7-11-14)21(15-12-8-5-9-13-15)17(24)28-19(26)23-21/h4-13,16H,1-3H3,(H,22,25)(H,23,26)/t16-,21-/m0/s1.